The summed E-state index contributed by atoms with van der Waals surface area (Å²) in [4.78, 5) is 50.9. The number of amides is 4. The van der Waals surface area contributed by atoms with Crippen LogP contribution < -0.4 is 21.3 Å². The molecule has 5 saturated heterocycles. The van der Waals surface area contributed by atoms with Gasteiger partial charge in [-0.25, -0.2) is 0 Å². The first-order valence-electron chi connectivity index (χ1n) is 14.0. The molecular weight excluding hydrogens is 600 g/mol. The Labute approximate surface area is 248 Å². The van der Waals surface area contributed by atoms with Crippen LogP contribution in [0.4, 0.5) is 0 Å². The van der Waals surface area contributed by atoms with Crippen molar-refractivity contribution >= 4 is 23.6 Å². The number of ether oxygens (including phenoxy) is 4. The third kappa shape index (κ3) is 6.12. The zero-order valence-electron chi connectivity index (χ0n) is 22.9. The molecule has 248 valence electrons. The topological polar surface area (TPSA) is 315 Å². The van der Waals surface area contributed by atoms with Crippen molar-refractivity contribution in [1.29, 1.82) is 0 Å². The van der Waals surface area contributed by atoms with Crippen molar-refractivity contribution in [2.45, 2.75) is 97.7 Å². The lowest BCUT2D eigenvalue weighted by molar-refractivity contribution is -0.139. The standard InChI is InChI=1S/C24H36N4O16/c29-9-5-1-25-21(37)17-14(34)10(30)6(42-17)2-27-23(39)19-16(36)12(32)8(44-19)4-28-24(40)20-15(35)11(31)7(43-20)3-26-22(38)18(41-5)13(9)33/h5-20,29-36H,1-4H2,(H,25,37)(H,26,38)(H,27,39)(H,28,40)/t5-,6-,7-,8-,9+,10+,11+,12+,13+,14+,15+,16+,17-,18-,19-,20-/m1/s1. The molecule has 0 aliphatic carbocycles. The zero-order valence-corrected chi connectivity index (χ0v) is 22.9. The Bertz CT molecular complexity index is 948. The quantitative estimate of drug-likeness (QED) is 0.117. The van der Waals surface area contributed by atoms with E-state index in [0.29, 0.717) is 0 Å². The van der Waals surface area contributed by atoms with Crippen molar-refractivity contribution in [1.82, 2.24) is 21.3 Å². The molecule has 5 heterocycles. The second-order valence-electron chi connectivity index (χ2n) is 11.3. The molecule has 8 bridgehead atoms. The van der Waals surface area contributed by atoms with E-state index in [1.165, 1.54) is 0 Å². The Kier molecular flexibility index (Phi) is 9.70. The lowest BCUT2D eigenvalue weighted by atomic mass is 10.0. The molecule has 0 unspecified atom stereocenters. The Morgan fingerprint density at radius 1 is 0.364 bits per heavy atom. The smallest absolute Gasteiger partial charge is 0.252 e. The summed E-state index contributed by atoms with van der Waals surface area (Å²) >= 11 is 0. The van der Waals surface area contributed by atoms with Crippen molar-refractivity contribution in [3.05, 3.63) is 0 Å². The highest BCUT2D eigenvalue weighted by molar-refractivity contribution is 5.84. The number of nitrogens with one attached hydrogen (secondary N) is 4. The number of aliphatic hydroxyl groups excluding tert-OH is 8. The van der Waals surface area contributed by atoms with Gasteiger partial charge in [0, 0.05) is 26.2 Å². The number of fused-ring (bicyclic) bond motifs is 8. The Morgan fingerprint density at radius 2 is 0.545 bits per heavy atom. The normalized spacial score (nSPS) is 49.1. The summed E-state index contributed by atoms with van der Waals surface area (Å²) in [7, 11) is 0. The van der Waals surface area contributed by atoms with E-state index in [0.717, 1.165) is 0 Å². The molecule has 16 atom stereocenters. The lowest BCUT2D eigenvalue weighted by Crippen LogP contribution is -2.47. The van der Waals surface area contributed by atoms with Gasteiger partial charge in [-0.2, -0.15) is 0 Å². The fraction of sp³-hybridized carbons (Fsp3) is 0.833. The van der Waals surface area contributed by atoms with E-state index in [1.807, 2.05) is 0 Å². The molecule has 0 aromatic heterocycles. The van der Waals surface area contributed by atoms with Gasteiger partial charge in [0.25, 0.3) is 23.6 Å². The SMILES string of the molecule is O=C1NC[C@H]2O[C@@H](C(=O)NC[C@H]3O[C@@H](C(=O)NC[C@H]4O[C@@H](C(=O)NC[C@H]5O[C@@H]1[C@@H](O)[C@H]5O)[C@@H](O)[C@H]4O)[C@@H](O)[C@H]3O)[C@@H](O)[C@H]2O. The third-order valence-electron chi connectivity index (χ3n) is 8.39. The molecular formula is C24H36N4O16. The van der Waals surface area contributed by atoms with Crippen LogP contribution in [-0.4, -0.2) is 188 Å². The van der Waals surface area contributed by atoms with E-state index in [1.54, 1.807) is 0 Å². The van der Waals surface area contributed by atoms with Crippen LogP contribution >= 0.6 is 0 Å². The summed E-state index contributed by atoms with van der Waals surface area (Å²) < 4.78 is 21.7. The van der Waals surface area contributed by atoms with Gasteiger partial charge in [-0.3, -0.25) is 19.2 Å². The molecule has 0 saturated carbocycles. The van der Waals surface area contributed by atoms with Crippen LogP contribution in [0, 0.1) is 0 Å². The van der Waals surface area contributed by atoms with E-state index in [4.69, 9.17) is 18.9 Å². The molecule has 4 amide bonds. The van der Waals surface area contributed by atoms with Gasteiger partial charge < -0.3 is 81.1 Å². The van der Waals surface area contributed by atoms with Crippen molar-refractivity contribution in [3.63, 3.8) is 0 Å². The molecule has 20 nitrogen and oxygen atoms in total. The first kappa shape index (κ1) is 32.8. The summed E-state index contributed by atoms with van der Waals surface area (Å²) in [5.74, 6) is -3.77. The summed E-state index contributed by atoms with van der Waals surface area (Å²) in [6.45, 7) is -1.84. The zero-order chi connectivity index (χ0) is 32.0. The molecule has 5 aliphatic heterocycles. The Balaban J connectivity index is 1.31. The van der Waals surface area contributed by atoms with Crippen LogP contribution in [0.2, 0.25) is 0 Å². The van der Waals surface area contributed by atoms with Gasteiger partial charge in [-0.1, -0.05) is 0 Å². The summed E-state index contributed by atoms with van der Waals surface area (Å²) in [6.07, 6.45) is -25.2. The molecule has 0 aromatic carbocycles. The number of carbonyl (C=O) groups excluding carboxylic acids is 4. The monoisotopic (exact) mass is 636 g/mol. The van der Waals surface area contributed by atoms with Gasteiger partial charge in [0.15, 0.2) is 24.4 Å². The third-order valence-corrected chi connectivity index (χ3v) is 8.39. The van der Waals surface area contributed by atoms with Gasteiger partial charge >= 0.3 is 0 Å². The highest BCUT2D eigenvalue weighted by Crippen LogP contribution is 2.26. The predicted octanol–water partition coefficient (Wildman–Crippen LogP) is -9.58. The Morgan fingerprint density at radius 3 is 0.727 bits per heavy atom. The van der Waals surface area contributed by atoms with E-state index < -0.39 is 147 Å². The van der Waals surface area contributed by atoms with E-state index in [9.17, 15) is 60.0 Å². The second kappa shape index (κ2) is 13.0. The van der Waals surface area contributed by atoms with Gasteiger partial charge in [-0.05, 0) is 0 Å². The van der Waals surface area contributed by atoms with Crippen LogP contribution in [0.3, 0.4) is 0 Å². The van der Waals surface area contributed by atoms with Crippen molar-refractivity contribution in [3.8, 4) is 0 Å². The first-order valence-corrected chi connectivity index (χ1v) is 14.0. The minimum absolute atomic E-state index is 0.460. The number of aliphatic hydroxyl groups is 8. The van der Waals surface area contributed by atoms with Gasteiger partial charge in [0.2, 0.25) is 0 Å². The highest BCUT2D eigenvalue weighted by atomic mass is 16.6. The fourth-order valence-electron chi connectivity index (χ4n) is 5.74. The molecule has 5 fully saturated rings. The molecule has 5 aliphatic rings. The average molecular weight is 637 g/mol. The largest absolute Gasteiger partial charge is 0.388 e. The predicted molar refractivity (Wildman–Crippen MR) is 135 cm³/mol. The summed E-state index contributed by atoms with van der Waals surface area (Å²) in [5, 5.41) is 92.3. The second-order valence-corrected chi connectivity index (χ2v) is 11.3. The lowest BCUT2D eigenvalue weighted by Gasteiger charge is -2.20. The van der Waals surface area contributed by atoms with Gasteiger partial charge in [0.1, 0.15) is 73.2 Å². The Hall–Kier alpha value is -2.60. The van der Waals surface area contributed by atoms with E-state index in [-0.39, 0.29) is 0 Å². The minimum Gasteiger partial charge on any atom is -0.388 e. The maximum absolute atomic E-state index is 12.7. The summed E-state index contributed by atoms with van der Waals surface area (Å²) in [5.41, 5.74) is 0. The molecule has 5 rings (SSSR count). The maximum atomic E-state index is 12.7. The van der Waals surface area contributed by atoms with E-state index in [2.05, 4.69) is 21.3 Å². The van der Waals surface area contributed by atoms with Crippen LogP contribution in [-0.2, 0) is 38.1 Å². The number of hydrogen-bond acceptors (Lipinski definition) is 16. The van der Waals surface area contributed by atoms with Gasteiger partial charge in [-0.15, -0.1) is 0 Å². The number of carbonyl (C=O) groups is 4. The van der Waals surface area contributed by atoms with Crippen molar-refractivity contribution in [2.75, 3.05) is 26.2 Å². The number of rotatable bonds is 0. The average Bonchev–Trinajstić information content (AvgIpc) is 3.66. The summed E-state index contributed by atoms with van der Waals surface area (Å²) in [6, 6.07) is 0. The first-order chi connectivity index (χ1) is 20.8. The van der Waals surface area contributed by atoms with Crippen LogP contribution in [0.5, 0.6) is 0 Å². The molecule has 20 heteroatoms. The van der Waals surface area contributed by atoms with Crippen LogP contribution in [0.25, 0.3) is 0 Å². The molecule has 0 spiro atoms. The van der Waals surface area contributed by atoms with Crippen molar-refractivity contribution < 1.29 is 79.0 Å². The minimum atomic E-state index is -1.74. The molecule has 12 N–H and O–H groups in total. The van der Waals surface area contributed by atoms with E-state index >= 15 is 0 Å². The molecule has 0 radical (unpaired) electrons. The molecule has 0 aromatic rings. The maximum Gasteiger partial charge on any atom is 0.252 e. The highest BCUT2D eigenvalue weighted by Gasteiger charge is 2.52. The molecule has 44 heavy (non-hydrogen) atoms. The van der Waals surface area contributed by atoms with Gasteiger partial charge in [0.05, 0.1) is 0 Å². The van der Waals surface area contributed by atoms with Crippen LogP contribution in [0.1, 0.15) is 0 Å². The van der Waals surface area contributed by atoms with Crippen LogP contribution in [0.15, 0.2) is 0 Å². The van der Waals surface area contributed by atoms with Crippen molar-refractivity contribution in [2.24, 2.45) is 0 Å². The fourth-order valence-corrected chi connectivity index (χ4v) is 5.74. The number of hydrogen-bond donors (Lipinski definition) is 12.